The molecule has 1 rings (SSSR count). The largest absolute Gasteiger partial charge is 0.245 e. The van der Waals surface area contributed by atoms with E-state index in [-0.39, 0.29) is 5.25 Å². The van der Waals surface area contributed by atoms with Crippen LogP contribution in [-0.4, -0.2) is 4.21 Å². The first-order valence-corrected chi connectivity index (χ1v) is 5.84. The van der Waals surface area contributed by atoms with Crippen LogP contribution in [0.15, 0.2) is 30.3 Å². The van der Waals surface area contributed by atoms with Gasteiger partial charge in [-0.1, -0.05) is 37.3 Å². The molecule has 0 saturated heterocycles. The van der Waals surface area contributed by atoms with Gasteiger partial charge in [0.2, 0.25) is 0 Å². The van der Waals surface area contributed by atoms with Crippen molar-refractivity contribution in [1.29, 1.82) is 4.78 Å². The minimum Gasteiger partial charge on any atom is -0.245 e. The van der Waals surface area contributed by atoms with Crippen molar-refractivity contribution in [1.82, 2.24) is 0 Å². The molecule has 1 aromatic carbocycles. The zero-order valence-corrected chi connectivity index (χ0v) is 8.38. The van der Waals surface area contributed by atoms with E-state index in [1.807, 2.05) is 37.3 Å². The lowest BCUT2D eigenvalue weighted by Gasteiger charge is -2.14. The molecule has 0 spiro atoms. The van der Waals surface area contributed by atoms with E-state index in [2.05, 4.69) is 0 Å². The molecule has 0 aromatic heterocycles. The maximum atomic E-state index is 11.4. The molecule has 0 saturated carbocycles. The van der Waals surface area contributed by atoms with Gasteiger partial charge >= 0.3 is 0 Å². The fraction of sp³-hybridized carbons (Fsp3) is 0.333. The van der Waals surface area contributed by atoms with Crippen LogP contribution >= 0.6 is 0 Å². The third-order valence-corrected chi connectivity index (χ3v) is 3.42. The minimum atomic E-state index is -2.97. The van der Waals surface area contributed by atoms with E-state index >= 15 is 0 Å². The fourth-order valence-electron chi connectivity index (χ4n) is 1.35. The summed E-state index contributed by atoms with van der Waals surface area (Å²) in [5.41, 5.74) is 0.882. The number of hydrogen-bond donors (Lipinski definition) is 2. The van der Waals surface area contributed by atoms with Crippen LogP contribution < -0.4 is 5.14 Å². The highest BCUT2D eigenvalue weighted by Crippen LogP contribution is 2.23. The third kappa shape index (κ3) is 2.54. The molecule has 3 nitrogen and oxygen atoms in total. The molecule has 72 valence electrons. The van der Waals surface area contributed by atoms with Crippen molar-refractivity contribution >= 4 is 9.92 Å². The van der Waals surface area contributed by atoms with Crippen LogP contribution in [0, 0.1) is 4.78 Å². The average molecular weight is 198 g/mol. The predicted octanol–water partition coefficient (Wildman–Crippen LogP) is 2.06. The molecule has 0 aliphatic carbocycles. The van der Waals surface area contributed by atoms with Crippen molar-refractivity contribution < 1.29 is 4.21 Å². The Morgan fingerprint density at radius 1 is 1.46 bits per heavy atom. The molecule has 0 amide bonds. The van der Waals surface area contributed by atoms with Gasteiger partial charge in [-0.25, -0.2) is 14.1 Å². The second-order valence-electron chi connectivity index (χ2n) is 2.96. The average Bonchev–Trinajstić information content (AvgIpc) is 2.05. The SMILES string of the molecule is CCC(c1ccccc1)S(=N)(N)=O. The van der Waals surface area contributed by atoms with E-state index < -0.39 is 9.92 Å². The minimum absolute atomic E-state index is 0.353. The van der Waals surface area contributed by atoms with E-state index in [1.54, 1.807) is 0 Å². The molecule has 2 unspecified atom stereocenters. The summed E-state index contributed by atoms with van der Waals surface area (Å²) < 4.78 is 18.7. The van der Waals surface area contributed by atoms with Crippen molar-refractivity contribution in [3.05, 3.63) is 35.9 Å². The van der Waals surface area contributed by atoms with Gasteiger partial charge in [0.15, 0.2) is 0 Å². The van der Waals surface area contributed by atoms with Crippen molar-refractivity contribution in [2.75, 3.05) is 0 Å². The van der Waals surface area contributed by atoms with Gasteiger partial charge < -0.3 is 0 Å². The Labute approximate surface area is 79.1 Å². The molecule has 13 heavy (non-hydrogen) atoms. The molecular formula is C9H14N2OS. The summed E-state index contributed by atoms with van der Waals surface area (Å²) in [6.45, 7) is 1.89. The van der Waals surface area contributed by atoms with Crippen molar-refractivity contribution in [3.8, 4) is 0 Å². The molecule has 0 aliphatic heterocycles. The summed E-state index contributed by atoms with van der Waals surface area (Å²) in [6, 6.07) is 9.33. The Balaban J connectivity index is 3.06. The monoisotopic (exact) mass is 198 g/mol. The Hall–Kier alpha value is -0.870. The van der Waals surface area contributed by atoms with Crippen LogP contribution in [0.25, 0.3) is 0 Å². The van der Waals surface area contributed by atoms with Crippen molar-refractivity contribution in [2.24, 2.45) is 5.14 Å². The molecular weight excluding hydrogens is 184 g/mol. The normalized spacial score (nSPS) is 17.7. The second kappa shape index (κ2) is 3.89. The first kappa shape index (κ1) is 10.2. The van der Waals surface area contributed by atoms with Gasteiger partial charge in [-0.2, -0.15) is 0 Å². The lowest BCUT2D eigenvalue weighted by Crippen LogP contribution is -2.19. The molecule has 0 fully saturated rings. The molecule has 3 N–H and O–H groups in total. The summed E-state index contributed by atoms with van der Waals surface area (Å²) in [6.07, 6.45) is 0.628. The van der Waals surface area contributed by atoms with Crippen LogP contribution in [0.3, 0.4) is 0 Å². The fourth-order valence-corrected chi connectivity index (χ4v) is 2.41. The molecule has 0 radical (unpaired) electrons. The first-order chi connectivity index (χ1) is 6.05. The topological polar surface area (TPSA) is 66.9 Å². The Kier molecular flexibility index (Phi) is 3.06. The smallest absolute Gasteiger partial charge is 0.109 e. The summed E-state index contributed by atoms with van der Waals surface area (Å²) in [5.74, 6) is 0. The highest BCUT2D eigenvalue weighted by Gasteiger charge is 2.17. The van der Waals surface area contributed by atoms with Gasteiger partial charge in [-0.15, -0.1) is 0 Å². The molecule has 1 aromatic rings. The molecule has 0 bridgehead atoms. The Bertz CT molecular complexity index is 358. The van der Waals surface area contributed by atoms with Gasteiger partial charge in [0, 0.05) is 0 Å². The van der Waals surface area contributed by atoms with Crippen molar-refractivity contribution in [2.45, 2.75) is 18.6 Å². The van der Waals surface area contributed by atoms with Crippen LogP contribution in [0.4, 0.5) is 0 Å². The number of rotatable bonds is 3. The zero-order valence-electron chi connectivity index (χ0n) is 7.57. The maximum Gasteiger partial charge on any atom is 0.109 e. The highest BCUT2D eigenvalue weighted by molar-refractivity contribution is 7.90. The standard InChI is InChI=1S/C9H14N2OS/c1-2-9(13(10,11)12)8-6-4-3-5-7-8/h3-7,9H,2H2,1H3,(H3,10,11,12). The van der Waals surface area contributed by atoms with Gasteiger partial charge in [0.1, 0.15) is 9.92 Å². The van der Waals surface area contributed by atoms with E-state index in [4.69, 9.17) is 9.92 Å². The summed E-state index contributed by atoms with van der Waals surface area (Å²) >= 11 is 0. The second-order valence-corrected chi connectivity index (χ2v) is 4.82. The summed E-state index contributed by atoms with van der Waals surface area (Å²) in [4.78, 5) is 0. The van der Waals surface area contributed by atoms with E-state index in [1.165, 1.54) is 0 Å². The van der Waals surface area contributed by atoms with Crippen LogP contribution in [0.2, 0.25) is 0 Å². The number of nitrogens with one attached hydrogen (secondary N) is 1. The van der Waals surface area contributed by atoms with E-state index in [0.717, 1.165) is 5.56 Å². The Morgan fingerprint density at radius 3 is 2.38 bits per heavy atom. The number of benzene rings is 1. The molecule has 4 heteroatoms. The van der Waals surface area contributed by atoms with Crippen molar-refractivity contribution in [3.63, 3.8) is 0 Å². The van der Waals surface area contributed by atoms with E-state index in [0.29, 0.717) is 6.42 Å². The highest BCUT2D eigenvalue weighted by atomic mass is 32.2. The third-order valence-electron chi connectivity index (χ3n) is 1.96. The van der Waals surface area contributed by atoms with Crippen LogP contribution in [-0.2, 0) is 9.92 Å². The van der Waals surface area contributed by atoms with Gasteiger partial charge in [0.05, 0.1) is 5.25 Å². The summed E-state index contributed by atoms with van der Waals surface area (Å²) in [7, 11) is -2.97. The lowest BCUT2D eigenvalue weighted by molar-refractivity contribution is 0.660. The summed E-state index contributed by atoms with van der Waals surface area (Å²) in [5, 5.41) is 4.96. The van der Waals surface area contributed by atoms with E-state index in [9.17, 15) is 4.21 Å². The molecule has 0 heterocycles. The zero-order chi connectivity index (χ0) is 9.90. The van der Waals surface area contributed by atoms with Gasteiger partial charge in [-0.05, 0) is 12.0 Å². The number of hydrogen-bond acceptors (Lipinski definition) is 2. The predicted molar refractivity (Wildman–Crippen MR) is 54.5 cm³/mol. The Morgan fingerprint density at radius 2 is 2.00 bits per heavy atom. The molecule has 0 aliphatic rings. The maximum absolute atomic E-state index is 11.4. The quantitative estimate of drug-likeness (QED) is 0.767. The van der Waals surface area contributed by atoms with Gasteiger partial charge in [-0.3, -0.25) is 0 Å². The van der Waals surface area contributed by atoms with Crippen LogP contribution in [0.1, 0.15) is 24.2 Å². The molecule has 2 atom stereocenters. The number of nitrogens with two attached hydrogens (primary N) is 1. The lowest BCUT2D eigenvalue weighted by atomic mass is 10.1. The van der Waals surface area contributed by atoms with Crippen LogP contribution in [0.5, 0.6) is 0 Å². The van der Waals surface area contributed by atoms with Gasteiger partial charge in [0.25, 0.3) is 0 Å². The first-order valence-electron chi connectivity index (χ1n) is 4.16.